The standard InChI is InChI=1S/C18H17N3OS/c1-12-16(17(20-19-12)13-5-3-2-4-6-13)18(22)21-9-7-15-14(11-21)8-10-23-15/h2-6,8,10H,7,9,11H2,1H3,(H,19,20). The predicted molar refractivity (Wildman–Crippen MR) is 91.5 cm³/mol. The number of aromatic amines is 1. The number of rotatable bonds is 2. The summed E-state index contributed by atoms with van der Waals surface area (Å²) in [5.41, 5.74) is 4.49. The van der Waals surface area contributed by atoms with Crippen molar-refractivity contribution in [3.63, 3.8) is 0 Å². The van der Waals surface area contributed by atoms with E-state index in [-0.39, 0.29) is 5.91 Å². The first-order valence-electron chi connectivity index (χ1n) is 7.69. The number of benzene rings is 1. The predicted octanol–water partition coefficient (Wildman–Crippen LogP) is 3.65. The fraction of sp³-hybridized carbons (Fsp3) is 0.222. The fourth-order valence-corrected chi connectivity index (χ4v) is 3.97. The molecule has 1 aromatic carbocycles. The Morgan fingerprint density at radius 2 is 2.09 bits per heavy atom. The van der Waals surface area contributed by atoms with Crippen LogP contribution in [-0.2, 0) is 13.0 Å². The lowest BCUT2D eigenvalue weighted by atomic mass is 10.0. The van der Waals surface area contributed by atoms with Crippen LogP contribution in [0.4, 0.5) is 0 Å². The lowest BCUT2D eigenvalue weighted by Gasteiger charge is -2.27. The zero-order chi connectivity index (χ0) is 15.8. The Bertz CT molecular complexity index is 850. The van der Waals surface area contributed by atoms with E-state index in [0.29, 0.717) is 12.1 Å². The molecule has 0 fully saturated rings. The first-order chi connectivity index (χ1) is 11.2. The van der Waals surface area contributed by atoms with Crippen LogP contribution in [0.3, 0.4) is 0 Å². The topological polar surface area (TPSA) is 49.0 Å². The molecule has 23 heavy (non-hydrogen) atoms. The van der Waals surface area contributed by atoms with E-state index in [2.05, 4.69) is 21.6 Å². The summed E-state index contributed by atoms with van der Waals surface area (Å²) >= 11 is 1.78. The molecule has 1 aliphatic rings. The second-order valence-electron chi connectivity index (χ2n) is 5.78. The molecule has 2 aromatic heterocycles. The molecule has 0 unspecified atom stereocenters. The van der Waals surface area contributed by atoms with E-state index in [1.54, 1.807) is 11.3 Å². The zero-order valence-corrected chi connectivity index (χ0v) is 13.7. The molecule has 1 amide bonds. The molecule has 4 nitrogen and oxygen atoms in total. The van der Waals surface area contributed by atoms with Crippen LogP contribution in [-0.4, -0.2) is 27.5 Å². The van der Waals surface area contributed by atoms with Gasteiger partial charge in [-0.3, -0.25) is 9.89 Å². The number of amides is 1. The third-order valence-electron chi connectivity index (χ3n) is 4.30. The van der Waals surface area contributed by atoms with Crippen molar-refractivity contribution in [1.82, 2.24) is 15.1 Å². The summed E-state index contributed by atoms with van der Waals surface area (Å²) in [6, 6.07) is 12.0. The van der Waals surface area contributed by atoms with E-state index < -0.39 is 0 Å². The number of carbonyl (C=O) groups excluding carboxylic acids is 1. The third kappa shape index (κ3) is 2.47. The average molecular weight is 323 g/mol. The van der Waals surface area contributed by atoms with E-state index >= 15 is 0 Å². The number of hydrogen-bond donors (Lipinski definition) is 1. The van der Waals surface area contributed by atoms with Crippen molar-refractivity contribution in [3.05, 3.63) is 63.5 Å². The minimum Gasteiger partial charge on any atom is -0.334 e. The normalized spacial score (nSPS) is 13.9. The maximum Gasteiger partial charge on any atom is 0.258 e. The molecule has 0 aliphatic carbocycles. The van der Waals surface area contributed by atoms with Crippen molar-refractivity contribution in [2.24, 2.45) is 0 Å². The Morgan fingerprint density at radius 1 is 1.26 bits per heavy atom. The summed E-state index contributed by atoms with van der Waals surface area (Å²) in [4.78, 5) is 16.4. The first kappa shape index (κ1) is 14.2. The second-order valence-corrected chi connectivity index (χ2v) is 6.78. The second kappa shape index (κ2) is 5.66. The summed E-state index contributed by atoms with van der Waals surface area (Å²) in [5, 5.41) is 9.45. The minimum absolute atomic E-state index is 0.0620. The molecule has 1 N–H and O–H groups in total. The van der Waals surface area contributed by atoms with Gasteiger partial charge in [0.1, 0.15) is 5.69 Å². The molecule has 0 radical (unpaired) electrons. The van der Waals surface area contributed by atoms with Crippen LogP contribution in [0.25, 0.3) is 11.3 Å². The van der Waals surface area contributed by atoms with Gasteiger partial charge in [0.05, 0.1) is 5.56 Å². The number of aromatic nitrogens is 2. The van der Waals surface area contributed by atoms with Crippen LogP contribution in [0.15, 0.2) is 41.8 Å². The molecule has 3 heterocycles. The molecular formula is C18H17N3OS. The Labute approximate surface area is 138 Å². The minimum atomic E-state index is 0.0620. The highest BCUT2D eigenvalue weighted by Gasteiger charge is 2.27. The highest BCUT2D eigenvalue weighted by molar-refractivity contribution is 7.10. The highest BCUT2D eigenvalue weighted by atomic mass is 32.1. The molecule has 0 spiro atoms. The molecule has 4 rings (SSSR count). The van der Waals surface area contributed by atoms with E-state index in [1.807, 2.05) is 42.2 Å². The molecule has 0 atom stereocenters. The first-order valence-corrected chi connectivity index (χ1v) is 8.57. The van der Waals surface area contributed by atoms with Gasteiger partial charge in [0.25, 0.3) is 5.91 Å². The lowest BCUT2D eigenvalue weighted by molar-refractivity contribution is 0.0736. The van der Waals surface area contributed by atoms with E-state index in [9.17, 15) is 4.79 Å². The van der Waals surface area contributed by atoms with Crippen molar-refractivity contribution in [3.8, 4) is 11.3 Å². The van der Waals surface area contributed by atoms with Crippen molar-refractivity contribution in [2.45, 2.75) is 19.9 Å². The number of carbonyl (C=O) groups is 1. The van der Waals surface area contributed by atoms with Gasteiger partial charge >= 0.3 is 0 Å². The Morgan fingerprint density at radius 3 is 2.91 bits per heavy atom. The van der Waals surface area contributed by atoms with Crippen LogP contribution < -0.4 is 0 Å². The van der Waals surface area contributed by atoms with Gasteiger partial charge in [0, 0.05) is 29.2 Å². The van der Waals surface area contributed by atoms with Gasteiger partial charge in [-0.2, -0.15) is 5.10 Å². The van der Waals surface area contributed by atoms with Crippen molar-refractivity contribution in [1.29, 1.82) is 0 Å². The monoisotopic (exact) mass is 323 g/mol. The van der Waals surface area contributed by atoms with Crippen LogP contribution in [0.5, 0.6) is 0 Å². The molecule has 0 saturated carbocycles. The smallest absolute Gasteiger partial charge is 0.258 e. The molecular weight excluding hydrogens is 306 g/mol. The van der Waals surface area contributed by atoms with Crippen LogP contribution in [0, 0.1) is 6.92 Å². The van der Waals surface area contributed by atoms with Crippen LogP contribution in [0.1, 0.15) is 26.5 Å². The van der Waals surface area contributed by atoms with E-state index in [4.69, 9.17) is 0 Å². The largest absolute Gasteiger partial charge is 0.334 e. The molecule has 3 aromatic rings. The summed E-state index contributed by atoms with van der Waals surface area (Å²) in [7, 11) is 0. The number of nitrogens with zero attached hydrogens (tertiary/aromatic N) is 2. The van der Waals surface area contributed by atoms with Crippen LogP contribution >= 0.6 is 11.3 Å². The summed E-state index contributed by atoms with van der Waals surface area (Å²) < 4.78 is 0. The molecule has 0 bridgehead atoms. The number of thiophene rings is 1. The Hall–Kier alpha value is -2.40. The number of hydrogen-bond acceptors (Lipinski definition) is 3. The SMILES string of the molecule is Cc1[nH]nc(-c2ccccc2)c1C(=O)N1CCc2sccc2C1. The molecule has 1 aliphatic heterocycles. The maximum absolute atomic E-state index is 13.1. The Kier molecular flexibility index (Phi) is 3.50. The van der Waals surface area contributed by atoms with Crippen molar-refractivity contribution < 1.29 is 4.79 Å². The quantitative estimate of drug-likeness (QED) is 0.782. The summed E-state index contributed by atoms with van der Waals surface area (Å²) in [6.45, 7) is 3.37. The maximum atomic E-state index is 13.1. The average Bonchev–Trinajstić information content (AvgIpc) is 3.20. The van der Waals surface area contributed by atoms with Gasteiger partial charge in [-0.05, 0) is 30.4 Å². The van der Waals surface area contributed by atoms with E-state index in [0.717, 1.165) is 29.9 Å². The number of nitrogens with one attached hydrogen (secondary N) is 1. The third-order valence-corrected chi connectivity index (χ3v) is 5.33. The number of H-pyrrole nitrogens is 1. The highest BCUT2D eigenvalue weighted by Crippen LogP contribution is 2.28. The van der Waals surface area contributed by atoms with Gasteiger partial charge in [-0.15, -0.1) is 11.3 Å². The number of fused-ring (bicyclic) bond motifs is 1. The van der Waals surface area contributed by atoms with Crippen LogP contribution in [0.2, 0.25) is 0 Å². The fourth-order valence-electron chi connectivity index (χ4n) is 3.08. The Balaban J connectivity index is 1.69. The van der Waals surface area contributed by atoms with E-state index in [1.165, 1.54) is 10.4 Å². The number of aryl methyl sites for hydroxylation is 1. The summed E-state index contributed by atoms with van der Waals surface area (Å²) in [6.07, 6.45) is 0.941. The lowest BCUT2D eigenvalue weighted by Crippen LogP contribution is -2.35. The molecule has 5 heteroatoms. The molecule has 116 valence electrons. The zero-order valence-electron chi connectivity index (χ0n) is 12.9. The van der Waals surface area contributed by atoms with Gasteiger partial charge in [0.15, 0.2) is 0 Å². The van der Waals surface area contributed by atoms with Gasteiger partial charge in [0.2, 0.25) is 0 Å². The van der Waals surface area contributed by atoms with Crippen molar-refractivity contribution in [2.75, 3.05) is 6.54 Å². The molecule has 0 saturated heterocycles. The summed E-state index contributed by atoms with van der Waals surface area (Å²) in [5.74, 6) is 0.0620. The van der Waals surface area contributed by atoms with Gasteiger partial charge < -0.3 is 4.90 Å². The van der Waals surface area contributed by atoms with Gasteiger partial charge in [-0.25, -0.2) is 0 Å². The van der Waals surface area contributed by atoms with Crippen molar-refractivity contribution >= 4 is 17.2 Å². The van der Waals surface area contributed by atoms with Gasteiger partial charge in [-0.1, -0.05) is 30.3 Å².